The molecule has 1 aliphatic heterocycles. The number of nitro benzene ring substituents is 1. The van der Waals surface area contributed by atoms with Gasteiger partial charge in [-0.05, 0) is 82.6 Å². The molecular weight excluding hydrogens is 372 g/mol. The van der Waals surface area contributed by atoms with Crippen LogP contribution in [0.5, 0.6) is 5.75 Å². The molecule has 158 valence electrons. The Morgan fingerprint density at radius 2 is 1.97 bits per heavy atom. The average Bonchev–Trinajstić information content (AvgIpc) is 3.44. The van der Waals surface area contributed by atoms with E-state index in [1.165, 1.54) is 0 Å². The lowest BCUT2D eigenvalue weighted by Crippen LogP contribution is -2.39. The number of carbonyl (C=O) groups excluding carboxylic acids is 1. The molecule has 0 aromatic heterocycles. The third-order valence-electron chi connectivity index (χ3n) is 4.91. The van der Waals surface area contributed by atoms with Gasteiger partial charge in [-0.3, -0.25) is 10.1 Å². The fraction of sp³-hybridized carbons (Fsp3) is 0.591. The summed E-state index contributed by atoms with van der Waals surface area (Å²) in [5.74, 6) is 0.668. The molecule has 1 amide bonds. The quantitative estimate of drug-likeness (QED) is 0.494. The largest absolute Gasteiger partial charge is 0.484 e. The number of benzene rings is 1. The van der Waals surface area contributed by atoms with Crippen molar-refractivity contribution in [2.75, 3.05) is 13.1 Å². The fourth-order valence-electron chi connectivity index (χ4n) is 3.49. The Bertz CT molecular complexity index is 834. The third-order valence-corrected chi connectivity index (χ3v) is 4.91. The number of hydrogen-bond acceptors (Lipinski definition) is 5. The zero-order valence-electron chi connectivity index (χ0n) is 17.9. The van der Waals surface area contributed by atoms with Gasteiger partial charge in [0.1, 0.15) is 5.60 Å². The normalized spacial score (nSPS) is 17.2. The maximum Gasteiger partial charge on any atom is 0.410 e. The van der Waals surface area contributed by atoms with E-state index in [0.717, 1.165) is 29.5 Å². The van der Waals surface area contributed by atoms with E-state index in [1.807, 2.05) is 46.8 Å². The fourth-order valence-corrected chi connectivity index (χ4v) is 3.49. The van der Waals surface area contributed by atoms with Crippen molar-refractivity contribution in [3.63, 3.8) is 0 Å². The predicted octanol–water partition coefficient (Wildman–Crippen LogP) is 5.28. The lowest BCUT2D eigenvalue weighted by Gasteiger charge is -2.30. The Labute approximate surface area is 171 Å². The second-order valence-corrected chi connectivity index (χ2v) is 9.01. The molecule has 3 rings (SSSR count). The van der Waals surface area contributed by atoms with Crippen molar-refractivity contribution >= 4 is 17.4 Å². The van der Waals surface area contributed by atoms with Crippen molar-refractivity contribution in [2.45, 2.75) is 71.5 Å². The molecule has 0 N–H and O–H groups in total. The van der Waals surface area contributed by atoms with Crippen LogP contribution in [0.4, 0.5) is 10.5 Å². The van der Waals surface area contributed by atoms with Crippen LogP contribution in [0.15, 0.2) is 18.2 Å². The molecule has 1 aromatic rings. The summed E-state index contributed by atoms with van der Waals surface area (Å²) in [5.41, 5.74) is 2.63. The van der Waals surface area contributed by atoms with Gasteiger partial charge >= 0.3 is 11.8 Å². The number of hydrogen-bond donors (Lipinski definition) is 0. The molecule has 1 aliphatic carbocycles. The topological polar surface area (TPSA) is 81.9 Å². The minimum atomic E-state index is -0.526. The highest BCUT2D eigenvalue weighted by Crippen LogP contribution is 2.47. The highest BCUT2D eigenvalue weighted by atomic mass is 16.6. The molecule has 0 atom stereocenters. The number of rotatable bonds is 5. The predicted molar refractivity (Wildman–Crippen MR) is 111 cm³/mol. The van der Waals surface area contributed by atoms with Crippen molar-refractivity contribution < 1.29 is 19.2 Å². The van der Waals surface area contributed by atoms with Crippen LogP contribution in [0.25, 0.3) is 5.57 Å². The van der Waals surface area contributed by atoms with Gasteiger partial charge in [-0.25, -0.2) is 4.79 Å². The number of amides is 1. The molecule has 0 spiro atoms. The van der Waals surface area contributed by atoms with Gasteiger partial charge in [-0.1, -0.05) is 6.08 Å². The smallest absolute Gasteiger partial charge is 0.410 e. The molecule has 1 saturated carbocycles. The Morgan fingerprint density at radius 1 is 1.28 bits per heavy atom. The van der Waals surface area contributed by atoms with Crippen LogP contribution in [-0.4, -0.2) is 40.7 Å². The molecular formula is C22H30N2O5. The Balaban J connectivity index is 1.90. The zero-order chi connectivity index (χ0) is 21.3. The van der Waals surface area contributed by atoms with Crippen LogP contribution < -0.4 is 4.74 Å². The van der Waals surface area contributed by atoms with Gasteiger partial charge in [0.15, 0.2) is 5.75 Å². The van der Waals surface area contributed by atoms with Gasteiger partial charge < -0.3 is 14.4 Å². The summed E-state index contributed by atoms with van der Waals surface area (Å²) in [5, 5.41) is 11.6. The molecule has 1 heterocycles. The van der Waals surface area contributed by atoms with Crippen LogP contribution in [0.3, 0.4) is 0 Å². The minimum absolute atomic E-state index is 0.0242. The molecule has 0 radical (unpaired) electrons. The van der Waals surface area contributed by atoms with Crippen LogP contribution in [0.1, 0.15) is 70.9 Å². The van der Waals surface area contributed by atoms with E-state index >= 15 is 0 Å². The van der Waals surface area contributed by atoms with Gasteiger partial charge in [-0.2, -0.15) is 0 Å². The first-order chi connectivity index (χ1) is 13.5. The van der Waals surface area contributed by atoms with Gasteiger partial charge in [0.05, 0.1) is 11.0 Å². The van der Waals surface area contributed by atoms with Crippen molar-refractivity contribution in [2.24, 2.45) is 0 Å². The van der Waals surface area contributed by atoms with Crippen LogP contribution in [0, 0.1) is 10.1 Å². The molecule has 2 aliphatic rings. The van der Waals surface area contributed by atoms with Crippen LogP contribution >= 0.6 is 0 Å². The van der Waals surface area contributed by atoms with Crippen LogP contribution in [0.2, 0.25) is 0 Å². The van der Waals surface area contributed by atoms with E-state index in [-0.39, 0.29) is 22.8 Å². The van der Waals surface area contributed by atoms with E-state index in [0.29, 0.717) is 31.2 Å². The summed E-state index contributed by atoms with van der Waals surface area (Å²) < 4.78 is 11.2. The minimum Gasteiger partial charge on any atom is -0.484 e. The van der Waals surface area contributed by atoms with E-state index in [2.05, 4.69) is 0 Å². The van der Waals surface area contributed by atoms with Crippen molar-refractivity contribution in [1.29, 1.82) is 0 Å². The Morgan fingerprint density at radius 3 is 2.45 bits per heavy atom. The van der Waals surface area contributed by atoms with Gasteiger partial charge in [0.25, 0.3) is 0 Å². The molecule has 7 nitrogen and oxygen atoms in total. The maximum atomic E-state index is 12.3. The Hall–Kier alpha value is -2.57. The van der Waals surface area contributed by atoms with Crippen molar-refractivity contribution in [1.82, 2.24) is 4.90 Å². The van der Waals surface area contributed by atoms with E-state index in [4.69, 9.17) is 9.47 Å². The summed E-state index contributed by atoms with van der Waals surface area (Å²) in [6.07, 6.45) is 4.33. The SMILES string of the molecule is CC(C)Oc1cc(C2=CCN(C(=O)OC(C)(C)C)CC2)c(C2CC2)cc1[N+](=O)[O-]. The molecule has 0 bridgehead atoms. The second-order valence-electron chi connectivity index (χ2n) is 9.01. The molecule has 1 aromatic carbocycles. The van der Waals surface area contributed by atoms with Gasteiger partial charge in [0, 0.05) is 19.2 Å². The highest BCUT2D eigenvalue weighted by molar-refractivity contribution is 5.76. The average molecular weight is 402 g/mol. The molecule has 0 saturated heterocycles. The van der Waals surface area contributed by atoms with Gasteiger partial charge in [0.2, 0.25) is 0 Å². The first-order valence-corrected chi connectivity index (χ1v) is 10.2. The second kappa shape index (κ2) is 8.05. The molecule has 7 heteroatoms. The monoisotopic (exact) mass is 402 g/mol. The van der Waals surface area contributed by atoms with E-state index < -0.39 is 5.60 Å². The number of carbonyl (C=O) groups is 1. The van der Waals surface area contributed by atoms with E-state index in [1.54, 1.807) is 11.0 Å². The molecule has 1 fully saturated rings. The molecule has 29 heavy (non-hydrogen) atoms. The van der Waals surface area contributed by atoms with E-state index in [9.17, 15) is 14.9 Å². The molecule has 0 unspecified atom stereocenters. The van der Waals surface area contributed by atoms with Gasteiger partial charge in [-0.15, -0.1) is 0 Å². The Kier molecular flexibility index (Phi) is 5.87. The first kappa shape index (κ1) is 21.1. The summed E-state index contributed by atoms with van der Waals surface area (Å²) in [4.78, 5) is 25.2. The van der Waals surface area contributed by atoms with Crippen LogP contribution in [-0.2, 0) is 4.74 Å². The maximum absolute atomic E-state index is 12.3. The lowest BCUT2D eigenvalue weighted by molar-refractivity contribution is -0.386. The standard InChI is InChI=1S/C22H30N2O5/c1-14(2)28-20-13-18(17(15-6-7-15)12-19(20)24(26)27)16-8-10-23(11-9-16)21(25)29-22(3,4)5/h8,12-15H,6-7,9-11H2,1-5H3. The highest BCUT2D eigenvalue weighted by Gasteiger charge is 2.32. The number of nitrogens with zero attached hydrogens (tertiary/aromatic N) is 2. The third kappa shape index (κ3) is 5.28. The van der Waals surface area contributed by atoms with Crippen molar-refractivity contribution in [3.05, 3.63) is 39.4 Å². The summed E-state index contributed by atoms with van der Waals surface area (Å²) in [7, 11) is 0. The lowest BCUT2D eigenvalue weighted by atomic mass is 9.92. The summed E-state index contributed by atoms with van der Waals surface area (Å²) in [6.45, 7) is 10.3. The van der Waals surface area contributed by atoms with Crippen molar-refractivity contribution in [3.8, 4) is 5.75 Å². The number of nitro groups is 1. The summed E-state index contributed by atoms with van der Waals surface area (Å²) in [6, 6.07) is 3.51. The zero-order valence-corrected chi connectivity index (χ0v) is 17.9. The number of ether oxygens (including phenoxy) is 2. The first-order valence-electron chi connectivity index (χ1n) is 10.2. The summed E-state index contributed by atoms with van der Waals surface area (Å²) >= 11 is 0.